The number of carbonyl (C=O) groups is 1. The van der Waals surface area contributed by atoms with Gasteiger partial charge in [-0.25, -0.2) is 4.98 Å². The second-order valence-corrected chi connectivity index (χ2v) is 7.94. The molecule has 5 heteroatoms. The van der Waals surface area contributed by atoms with Crippen molar-refractivity contribution < 1.29 is 9.53 Å². The number of rotatable bonds is 5. The molecule has 2 aromatic heterocycles. The molecule has 5 nitrogen and oxygen atoms in total. The van der Waals surface area contributed by atoms with Gasteiger partial charge in [-0.05, 0) is 61.4 Å². The maximum atomic E-state index is 13.2. The third kappa shape index (κ3) is 4.21. The molecule has 33 heavy (non-hydrogen) atoms. The van der Waals surface area contributed by atoms with E-state index < -0.39 is 0 Å². The molecule has 0 fully saturated rings. The van der Waals surface area contributed by atoms with Gasteiger partial charge in [0.2, 0.25) is 0 Å². The molecule has 162 valence electrons. The van der Waals surface area contributed by atoms with E-state index >= 15 is 0 Å². The van der Waals surface area contributed by atoms with Crippen LogP contribution in [-0.4, -0.2) is 15.3 Å². The first kappa shape index (κ1) is 20.5. The minimum atomic E-state index is -0.229. The van der Waals surface area contributed by atoms with Gasteiger partial charge in [0.15, 0.2) is 0 Å². The number of hydrogen-bond donors (Lipinski definition) is 1. The van der Waals surface area contributed by atoms with E-state index in [4.69, 9.17) is 9.72 Å². The Balaban J connectivity index is 1.44. The summed E-state index contributed by atoms with van der Waals surface area (Å²) in [6, 6.07) is 26.7. The number of anilines is 1. The second kappa shape index (κ2) is 8.63. The lowest BCUT2D eigenvalue weighted by atomic mass is 10.1. The zero-order valence-corrected chi connectivity index (χ0v) is 18.4. The minimum absolute atomic E-state index is 0.229. The Labute approximate surface area is 192 Å². The summed E-state index contributed by atoms with van der Waals surface area (Å²) in [7, 11) is 0. The molecule has 0 radical (unpaired) electrons. The molecular formula is C28H23N3O2. The SMILES string of the molecule is Cc1ccc(-c2cn3cccc(C)c3n2)cc1NC(=O)c1ccccc1Oc1ccccc1. The number of amides is 1. The summed E-state index contributed by atoms with van der Waals surface area (Å²) < 4.78 is 7.98. The Hall–Kier alpha value is -4.38. The lowest BCUT2D eigenvalue weighted by Gasteiger charge is -2.13. The first-order valence-corrected chi connectivity index (χ1v) is 10.8. The van der Waals surface area contributed by atoms with Gasteiger partial charge in [-0.2, -0.15) is 0 Å². The van der Waals surface area contributed by atoms with Crippen LogP contribution in [-0.2, 0) is 0 Å². The molecule has 0 aliphatic rings. The van der Waals surface area contributed by atoms with Crippen LogP contribution >= 0.6 is 0 Å². The number of hydrogen-bond acceptors (Lipinski definition) is 3. The van der Waals surface area contributed by atoms with Crippen molar-refractivity contribution >= 4 is 17.2 Å². The predicted molar refractivity (Wildman–Crippen MR) is 131 cm³/mol. The van der Waals surface area contributed by atoms with E-state index in [1.54, 1.807) is 12.1 Å². The highest BCUT2D eigenvalue weighted by Crippen LogP contribution is 2.29. The number of aromatic nitrogens is 2. The number of ether oxygens (including phenoxy) is 1. The molecular weight excluding hydrogens is 410 g/mol. The summed E-state index contributed by atoms with van der Waals surface area (Å²) in [4.78, 5) is 18.0. The molecule has 2 heterocycles. The molecule has 3 aromatic carbocycles. The quantitative estimate of drug-likeness (QED) is 0.337. The van der Waals surface area contributed by atoms with E-state index in [1.165, 1.54) is 0 Å². The summed E-state index contributed by atoms with van der Waals surface area (Å²) in [5.74, 6) is 0.955. The average molecular weight is 434 g/mol. The first-order valence-electron chi connectivity index (χ1n) is 10.8. The summed E-state index contributed by atoms with van der Waals surface area (Å²) in [6.07, 6.45) is 3.99. The number of aryl methyl sites for hydroxylation is 2. The highest BCUT2D eigenvalue weighted by molar-refractivity contribution is 6.06. The fourth-order valence-corrected chi connectivity index (χ4v) is 3.76. The molecule has 1 N–H and O–H groups in total. The molecule has 0 unspecified atom stereocenters. The van der Waals surface area contributed by atoms with Gasteiger partial charge in [0.05, 0.1) is 11.3 Å². The summed E-state index contributed by atoms with van der Waals surface area (Å²) in [6.45, 7) is 4.02. The average Bonchev–Trinajstić information content (AvgIpc) is 3.27. The Kier molecular flexibility index (Phi) is 5.37. The largest absolute Gasteiger partial charge is 0.457 e. The van der Waals surface area contributed by atoms with Crippen molar-refractivity contribution in [2.45, 2.75) is 13.8 Å². The standard InChI is InChI=1S/C28H23N3O2/c1-19-14-15-21(25-18-31-16-8-9-20(2)27(31)29-25)17-24(19)30-28(32)23-12-6-7-13-26(23)33-22-10-4-3-5-11-22/h3-18H,1-2H3,(H,30,32). The van der Waals surface area contributed by atoms with Gasteiger partial charge >= 0.3 is 0 Å². The zero-order chi connectivity index (χ0) is 22.8. The van der Waals surface area contributed by atoms with E-state index in [9.17, 15) is 4.79 Å². The van der Waals surface area contributed by atoms with E-state index in [1.807, 2.05) is 103 Å². The number of para-hydroxylation sites is 2. The zero-order valence-electron chi connectivity index (χ0n) is 18.4. The highest BCUT2D eigenvalue weighted by Gasteiger charge is 2.15. The molecule has 0 bridgehead atoms. The number of nitrogens with zero attached hydrogens (tertiary/aromatic N) is 2. The van der Waals surface area contributed by atoms with Crippen molar-refractivity contribution in [2.24, 2.45) is 0 Å². The molecule has 0 saturated heterocycles. The van der Waals surface area contributed by atoms with Crippen molar-refractivity contribution in [3.05, 3.63) is 114 Å². The Bertz CT molecular complexity index is 1460. The van der Waals surface area contributed by atoms with Crippen LogP contribution in [0.15, 0.2) is 97.3 Å². The molecule has 0 aliphatic heterocycles. The minimum Gasteiger partial charge on any atom is -0.457 e. The van der Waals surface area contributed by atoms with Crippen LogP contribution in [0.2, 0.25) is 0 Å². The van der Waals surface area contributed by atoms with Crippen LogP contribution in [0.1, 0.15) is 21.5 Å². The lowest BCUT2D eigenvalue weighted by molar-refractivity contribution is 0.102. The lowest BCUT2D eigenvalue weighted by Crippen LogP contribution is -2.14. The van der Waals surface area contributed by atoms with E-state index in [2.05, 4.69) is 5.32 Å². The van der Waals surface area contributed by atoms with Crippen LogP contribution in [0.5, 0.6) is 11.5 Å². The molecule has 5 aromatic rings. The number of pyridine rings is 1. The maximum Gasteiger partial charge on any atom is 0.259 e. The van der Waals surface area contributed by atoms with Gasteiger partial charge in [0, 0.05) is 23.6 Å². The number of imidazole rings is 1. The monoisotopic (exact) mass is 433 g/mol. The number of benzene rings is 3. The number of fused-ring (bicyclic) bond motifs is 1. The summed E-state index contributed by atoms with van der Waals surface area (Å²) in [5, 5.41) is 3.05. The molecule has 0 aliphatic carbocycles. The Morgan fingerprint density at radius 3 is 2.48 bits per heavy atom. The third-order valence-corrected chi connectivity index (χ3v) is 5.56. The fraction of sp³-hybridized carbons (Fsp3) is 0.0714. The Morgan fingerprint density at radius 2 is 1.67 bits per heavy atom. The van der Waals surface area contributed by atoms with Crippen LogP contribution in [0, 0.1) is 13.8 Å². The van der Waals surface area contributed by atoms with Crippen molar-refractivity contribution in [1.82, 2.24) is 9.38 Å². The van der Waals surface area contributed by atoms with Gasteiger partial charge in [0.1, 0.15) is 17.1 Å². The van der Waals surface area contributed by atoms with Gasteiger partial charge in [-0.15, -0.1) is 0 Å². The van der Waals surface area contributed by atoms with Crippen LogP contribution < -0.4 is 10.1 Å². The second-order valence-electron chi connectivity index (χ2n) is 7.94. The summed E-state index contributed by atoms with van der Waals surface area (Å²) >= 11 is 0. The number of carbonyl (C=O) groups excluding carboxylic acids is 1. The molecule has 0 spiro atoms. The van der Waals surface area contributed by atoms with Gasteiger partial charge in [-0.1, -0.05) is 48.5 Å². The predicted octanol–water partition coefficient (Wildman–Crippen LogP) is 6.66. The van der Waals surface area contributed by atoms with E-state index in [0.717, 1.165) is 33.7 Å². The highest BCUT2D eigenvalue weighted by atomic mass is 16.5. The normalized spacial score (nSPS) is 10.8. The smallest absolute Gasteiger partial charge is 0.259 e. The maximum absolute atomic E-state index is 13.2. The van der Waals surface area contributed by atoms with Crippen molar-refractivity contribution in [2.75, 3.05) is 5.32 Å². The van der Waals surface area contributed by atoms with Crippen molar-refractivity contribution in [3.8, 4) is 22.8 Å². The first-order chi connectivity index (χ1) is 16.1. The van der Waals surface area contributed by atoms with Crippen LogP contribution in [0.25, 0.3) is 16.9 Å². The molecule has 1 amide bonds. The van der Waals surface area contributed by atoms with Gasteiger partial charge in [-0.3, -0.25) is 4.79 Å². The van der Waals surface area contributed by atoms with Crippen LogP contribution in [0.3, 0.4) is 0 Å². The van der Waals surface area contributed by atoms with Crippen molar-refractivity contribution in [3.63, 3.8) is 0 Å². The number of nitrogens with one attached hydrogen (secondary N) is 1. The third-order valence-electron chi connectivity index (χ3n) is 5.56. The van der Waals surface area contributed by atoms with Crippen molar-refractivity contribution in [1.29, 1.82) is 0 Å². The summed E-state index contributed by atoms with van der Waals surface area (Å²) in [5.41, 5.74) is 5.99. The van der Waals surface area contributed by atoms with E-state index in [-0.39, 0.29) is 5.91 Å². The fourth-order valence-electron chi connectivity index (χ4n) is 3.76. The molecule has 5 rings (SSSR count). The molecule has 0 atom stereocenters. The molecule has 0 saturated carbocycles. The van der Waals surface area contributed by atoms with Gasteiger partial charge < -0.3 is 14.5 Å². The topological polar surface area (TPSA) is 55.6 Å². The van der Waals surface area contributed by atoms with Gasteiger partial charge in [0.25, 0.3) is 5.91 Å². The Morgan fingerprint density at radius 1 is 0.879 bits per heavy atom. The van der Waals surface area contributed by atoms with Crippen LogP contribution in [0.4, 0.5) is 5.69 Å². The van der Waals surface area contributed by atoms with E-state index in [0.29, 0.717) is 17.1 Å².